The van der Waals surface area contributed by atoms with E-state index in [2.05, 4.69) is 25.9 Å². The highest BCUT2D eigenvalue weighted by Gasteiger charge is 2.24. The maximum Gasteiger partial charge on any atom is 0.408 e. The lowest BCUT2D eigenvalue weighted by molar-refractivity contribution is 0.0474. The zero-order chi connectivity index (χ0) is 19.1. The molecule has 3 N–H and O–H groups in total. The van der Waals surface area contributed by atoms with Gasteiger partial charge in [0.1, 0.15) is 10.8 Å². The minimum atomic E-state index is -0.530. The summed E-state index contributed by atoms with van der Waals surface area (Å²) in [6.07, 6.45) is 1.26. The summed E-state index contributed by atoms with van der Waals surface area (Å²) < 4.78 is 5.28. The summed E-state index contributed by atoms with van der Waals surface area (Å²) in [5.74, 6) is 0.619. The van der Waals surface area contributed by atoms with E-state index >= 15 is 0 Å². The normalized spacial score (nSPS) is 12.0. The summed E-state index contributed by atoms with van der Waals surface area (Å²) in [5, 5.41) is 9.66. The van der Waals surface area contributed by atoms with E-state index < -0.39 is 17.2 Å². The fourth-order valence-corrected chi connectivity index (χ4v) is 1.96. The molecule has 7 nitrogen and oxygen atoms in total. The molecule has 1 heterocycles. The van der Waals surface area contributed by atoms with Crippen molar-refractivity contribution in [3.05, 3.63) is 29.0 Å². The van der Waals surface area contributed by atoms with Crippen molar-refractivity contribution in [3.63, 3.8) is 0 Å². The van der Waals surface area contributed by atoms with Crippen LogP contribution in [0.2, 0.25) is 5.15 Å². The average Bonchev–Trinajstić information content (AvgIpc) is 2.46. The maximum atomic E-state index is 11.9. The number of hydrogen-bond acceptors (Lipinski definition) is 4. The molecule has 0 aliphatic rings. The number of carbonyl (C=O) groups excluding carboxylic acids is 1. The van der Waals surface area contributed by atoms with E-state index in [1.807, 2.05) is 40.7 Å². The molecule has 0 unspecified atom stereocenters. The van der Waals surface area contributed by atoms with Crippen LogP contribution in [0.5, 0.6) is 0 Å². The van der Waals surface area contributed by atoms with Crippen LogP contribution in [0.15, 0.2) is 23.3 Å². The highest BCUT2D eigenvalue weighted by atomic mass is 127. The number of aliphatic imine (C=N–C) groups is 1. The Balaban J connectivity index is 0.00000625. The van der Waals surface area contributed by atoms with Gasteiger partial charge in [0, 0.05) is 26.3 Å². The minimum Gasteiger partial charge on any atom is -0.444 e. The van der Waals surface area contributed by atoms with Gasteiger partial charge in [-0.3, -0.25) is 4.99 Å². The Kier molecular flexibility index (Phi) is 10.2. The van der Waals surface area contributed by atoms with Crippen LogP contribution in [0.25, 0.3) is 0 Å². The third kappa shape index (κ3) is 10.6. The van der Waals surface area contributed by atoms with Crippen molar-refractivity contribution in [3.8, 4) is 0 Å². The van der Waals surface area contributed by atoms with Gasteiger partial charge in [0.05, 0.1) is 5.54 Å². The van der Waals surface area contributed by atoms with Crippen molar-refractivity contribution < 1.29 is 9.53 Å². The van der Waals surface area contributed by atoms with Crippen LogP contribution >= 0.6 is 35.6 Å². The molecule has 0 spiro atoms. The first-order valence-electron chi connectivity index (χ1n) is 8.07. The minimum absolute atomic E-state index is 0. The molecule has 0 aromatic carbocycles. The number of hydrogen-bond donors (Lipinski definition) is 3. The second-order valence-electron chi connectivity index (χ2n) is 7.28. The molecule has 0 aliphatic heterocycles. The largest absolute Gasteiger partial charge is 0.444 e. The fourth-order valence-electron chi connectivity index (χ4n) is 1.85. The molecule has 1 rings (SSSR count). The Bertz CT molecular complexity index is 600. The van der Waals surface area contributed by atoms with Crippen LogP contribution in [0.1, 0.15) is 40.2 Å². The lowest BCUT2D eigenvalue weighted by Crippen LogP contribution is -2.54. The van der Waals surface area contributed by atoms with E-state index in [0.717, 1.165) is 5.56 Å². The van der Waals surface area contributed by atoms with E-state index in [0.29, 0.717) is 24.2 Å². The zero-order valence-corrected chi connectivity index (χ0v) is 19.2. The Morgan fingerprint density at radius 1 is 1.23 bits per heavy atom. The Hall–Kier alpha value is -1.29. The molecule has 1 amide bonds. The summed E-state index contributed by atoms with van der Waals surface area (Å²) in [7, 11) is 1.68. The highest BCUT2D eigenvalue weighted by molar-refractivity contribution is 14.0. The van der Waals surface area contributed by atoms with Gasteiger partial charge in [0.2, 0.25) is 0 Å². The average molecular weight is 498 g/mol. The van der Waals surface area contributed by atoms with E-state index in [1.165, 1.54) is 0 Å². The number of nitrogens with zero attached hydrogens (tertiary/aromatic N) is 2. The Morgan fingerprint density at radius 3 is 2.38 bits per heavy atom. The second kappa shape index (κ2) is 10.8. The molecule has 1 aromatic rings. The molecule has 0 bridgehead atoms. The molecule has 26 heavy (non-hydrogen) atoms. The summed E-state index contributed by atoms with van der Waals surface area (Å²) in [5.41, 5.74) is -0.0574. The molecular weight excluding hydrogens is 469 g/mol. The van der Waals surface area contributed by atoms with Crippen molar-refractivity contribution in [1.29, 1.82) is 0 Å². The van der Waals surface area contributed by atoms with Gasteiger partial charge in [0.25, 0.3) is 0 Å². The zero-order valence-electron chi connectivity index (χ0n) is 16.1. The molecule has 0 saturated heterocycles. The smallest absolute Gasteiger partial charge is 0.408 e. The lowest BCUT2D eigenvalue weighted by atomic mass is 10.1. The predicted molar refractivity (Wildman–Crippen MR) is 116 cm³/mol. The second-order valence-corrected chi connectivity index (χ2v) is 7.67. The molecule has 0 aliphatic carbocycles. The SMILES string of the molecule is CN=C(NCc1ccc(Cl)nc1)NCC(C)(C)NC(=O)OC(C)(C)C.I. The summed E-state index contributed by atoms with van der Waals surface area (Å²) in [6, 6.07) is 3.63. The number of halogens is 2. The highest BCUT2D eigenvalue weighted by Crippen LogP contribution is 2.09. The monoisotopic (exact) mass is 497 g/mol. The molecule has 0 radical (unpaired) electrons. The first-order valence-corrected chi connectivity index (χ1v) is 8.45. The van der Waals surface area contributed by atoms with Crippen molar-refractivity contribution in [1.82, 2.24) is 20.9 Å². The van der Waals surface area contributed by atoms with Crippen LogP contribution in [0.4, 0.5) is 4.79 Å². The van der Waals surface area contributed by atoms with Gasteiger partial charge in [-0.15, -0.1) is 24.0 Å². The molecule has 148 valence electrons. The van der Waals surface area contributed by atoms with Crippen molar-refractivity contribution in [2.75, 3.05) is 13.6 Å². The third-order valence-electron chi connectivity index (χ3n) is 3.01. The van der Waals surface area contributed by atoms with Gasteiger partial charge >= 0.3 is 6.09 Å². The Labute approximate surface area is 177 Å². The van der Waals surface area contributed by atoms with Gasteiger partial charge in [-0.25, -0.2) is 9.78 Å². The number of amides is 1. The quantitative estimate of drug-likeness (QED) is 0.251. The van der Waals surface area contributed by atoms with Crippen molar-refractivity contribution in [2.24, 2.45) is 4.99 Å². The van der Waals surface area contributed by atoms with Crippen LogP contribution in [-0.4, -0.2) is 41.8 Å². The van der Waals surface area contributed by atoms with Gasteiger partial charge < -0.3 is 20.7 Å². The molecule has 0 fully saturated rings. The van der Waals surface area contributed by atoms with E-state index in [9.17, 15) is 4.79 Å². The summed E-state index contributed by atoms with van der Waals surface area (Å²) in [6.45, 7) is 10.3. The first-order chi connectivity index (χ1) is 11.5. The van der Waals surface area contributed by atoms with Crippen molar-refractivity contribution in [2.45, 2.75) is 52.3 Å². The maximum absolute atomic E-state index is 11.9. The van der Waals surface area contributed by atoms with Crippen LogP contribution in [0, 0.1) is 0 Å². The van der Waals surface area contributed by atoms with Crippen LogP contribution < -0.4 is 16.0 Å². The van der Waals surface area contributed by atoms with Gasteiger partial charge in [-0.05, 0) is 46.2 Å². The molecule has 1 aromatic heterocycles. The Morgan fingerprint density at radius 2 is 1.88 bits per heavy atom. The standard InChI is InChI=1S/C17H28ClN5O2.HI/c1-16(2,3)25-15(24)23-17(4,5)11-22-14(19-6)21-10-12-7-8-13(18)20-9-12;/h7-9H,10-11H2,1-6H3,(H,23,24)(H2,19,21,22);1H. The van der Waals surface area contributed by atoms with Gasteiger partial charge in [0.15, 0.2) is 5.96 Å². The fraction of sp³-hybridized carbons (Fsp3) is 0.588. The number of pyridine rings is 1. The van der Waals surface area contributed by atoms with E-state index in [-0.39, 0.29) is 24.0 Å². The number of rotatable bonds is 5. The first kappa shape index (κ1) is 24.7. The van der Waals surface area contributed by atoms with Gasteiger partial charge in [-0.1, -0.05) is 17.7 Å². The summed E-state index contributed by atoms with van der Waals surface area (Å²) in [4.78, 5) is 20.1. The number of aromatic nitrogens is 1. The number of ether oxygens (including phenoxy) is 1. The molecule has 9 heteroatoms. The van der Waals surface area contributed by atoms with E-state index in [1.54, 1.807) is 19.3 Å². The number of guanidine groups is 1. The molecule has 0 saturated carbocycles. The lowest BCUT2D eigenvalue weighted by Gasteiger charge is -2.29. The number of carbonyl (C=O) groups is 1. The van der Waals surface area contributed by atoms with Gasteiger partial charge in [-0.2, -0.15) is 0 Å². The van der Waals surface area contributed by atoms with Crippen LogP contribution in [0.3, 0.4) is 0 Å². The molecular formula is C17H29ClIN5O2. The predicted octanol–water partition coefficient (Wildman–Crippen LogP) is 3.32. The van der Waals surface area contributed by atoms with Crippen LogP contribution in [-0.2, 0) is 11.3 Å². The summed E-state index contributed by atoms with van der Waals surface area (Å²) >= 11 is 5.77. The van der Waals surface area contributed by atoms with E-state index in [4.69, 9.17) is 16.3 Å². The number of alkyl carbamates (subject to hydrolysis) is 1. The third-order valence-corrected chi connectivity index (χ3v) is 3.23. The molecule has 0 atom stereocenters. The number of nitrogens with one attached hydrogen (secondary N) is 3. The topological polar surface area (TPSA) is 87.6 Å². The van der Waals surface area contributed by atoms with Crippen molar-refractivity contribution >= 4 is 47.6 Å².